The number of phenols is 1. The molecule has 0 aliphatic carbocycles. The van der Waals surface area contributed by atoms with Crippen molar-refractivity contribution in [3.8, 4) is 16.9 Å². The minimum Gasteiger partial charge on any atom is -0.508 e. The standard InChI is InChI=1S/C25H24N6O/c1-16-3-4-19(32)12-21(16)25-20(7-8-27-25)22-5-6-23-24(30-22)11-17(13-28-23)18-14-29-31(15-18)10-9-26-2/h3-7,11-15,26,32H,8-10H2,1-2H3. The van der Waals surface area contributed by atoms with Crippen LogP contribution < -0.4 is 5.32 Å². The van der Waals surface area contributed by atoms with Gasteiger partial charge in [-0.3, -0.25) is 14.7 Å². The Morgan fingerprint density at radius 3 is 2.84 bits per heavy atom. The number of nitrogens with zero attached hydrogens (tertiary/aromatic N) is 5. The fourth-order valence-electron chi connectivity index (χ4n) is 3.91. The lowest BCUT2D eigenvalue weighted by Gasteiger charge is -2.11. The van der Waals surface area contributed by atoms with Crippen molar-refractivity contribution in [3.63, 3.8) is 0 Å². The number of aromatic nitrogens is 4. The van der Waals surface area contributed by atoms with Crippen LogP contribution in [0.5, 0.6) is 5.75 Å². The van der Waals surface area contributed by atoms with Crippen LogP contribution >= 0.6 is 0 Å². The Kier molecular flexibility index (Phi) is 5.25. The van der Waals surface area contributed by atoms with E-state index in [1.807, 2.05) is 55.4 Å². The molecule has 0 amide bonds. The van der Waals surface area contributed by atoms with Gasteiger partial charge in [0.1, 0.15) is 5.75 Å². The number of hydrogen-bond donors (Lipinski definition) is 2. The predicted octanol–water partition coefficient (Wildman–Crippen LogP) is 3.61. The Balaban J connectivity index is 1.50. The molecule has 4 heterocycles. The number of aromatic hydroxyl groups is 1. The van der Waals surface area contributed by atoms with E-state index in [0.717, 1.165) is 63.4 Å². The third-order valence-electron chi connectivity index (χ3n) is 5.65. The van der Waals surface area contributed by atoms with E-state index in [1.165, 1.54) is 0 Å². The molecule has 0 atom stereocenters. The van der Waals surface area contributed by atoms with Crippen LogP contribution in [0.1, 0.15) is 16.8 Å². The first-order chi connectivity index (χ1) is 15.6. The van der Waals surface area contributed by atoms with Gasteiger partial charge in [-0.05, 0) is 49.9 Å². The molecule has 0 spiro atoms. The second-order valence-electron chi connectivity index (χ2n) is 7.86. The molecule has 0 unspecified atom stereocenters. The molecule has 0 saturated heterocycles. The van der Waals surface area contributed by atoms with Crippen LogP contribution in [-0.2, 0) is 6.54 Å². The molecule has 32 heavy (non-hydrogen) atoms. The van der Waals surface area contributed by atoms with Crippen LogP contribution in [0.25, 0.3) is 27.7 Å². The molecule has 0 radical (unpaired) electrons. The summed E-state index contributed by atoms with van der Waals surface area (Å²) in [5.74, 6) is 0.232. The summed E-state index contributed by atoms with van der Waals surface area (Å²) >= 11 is 0. The Labute approximate surface area is 186 Å². The van der Waals surface area contributed by atoms with E-state index in [9.17, 15) is 5.11 Å². The molecule has 1 aromatic carbocycles. The van der Waals surface area contributed by atoms with E-state index in [-0.39, 0.29) is 5.75 Å². The van der Waals surface area contributed by atoms with Gasteiger partial charge in [0, 0.05) is 41.2 Å². The van der Waals surface area contributed by atoms with Gasteiger partial charge in [-0.1, -0.05) is 12.1 Å². The van der Waals surface area contributed by atoms with Crippen LogP contribution in [-0.4, -0.2) is 50.7 Å². The number of aryl methyl sites for hydroxylation is 1. The normalized spacial score (nSPS) is 13.4. The number of benzene rings is 1. The first kappa shape index (κ1) is 20.1. The summed E-state index contributed by atoms with van der Waals surface area (Å²) in [7, 11) is 1.93. The van der Waals surface area contributed by atoms with Gasteiger partial charge in [-0.15, -0.1) is 0 Å². The first-order valence-electron chi connectivity index (χ1n) is 10.6. The summed E-state index contributed by atoms with van der Waals surface area (Å²) in [6.07, 6.45) is 7.83. The second-order valence-corrected chi connectivity index (χ2v) is 7.86. The largest absolute Gasteiger partial charge is 0.508 e. The fraction of sp³-hybridized carbons (Fsp3) is 0.200. The molecule has 0 fully saturated rings. The Morgan fingerprint density at radius 2 is 1.97 bits per heavy atom. The van der Waals surface area contributed by atoms with Gasteiger partial charge in [0.2, 0.25) is 0 Å². The molecule has 1 aliphatic heterocycles. The van der Waals surface area contributed by atoms with Crippen LogP contribution in [0.2, 0.25) is 0 Å². The highest BCUT2D eigenvalue weighted by Crippen LogP contribution is 2.29. The number of aliphatic imine (C=N–C) groups is 1. The quantitative estimate of drug-likeness (QED) is 0.494. The topological polar surface area (TPSA) is 88.2 Å². The molecule has 1 aliphatic rings. The van der Waals surface area contributed by atoms with E-state index in [4.69, 9.17) is 4.98 Å². The number of nitrogens with one attached hydrogen (secondary N) is 1. The number of pyridine rings is 2. The molecule has 0 saturated carbocycles. The number of allylic oxidation sites excluding steroid dienone is 1. The monoisotopic (exact) mass is 424 g/mol. The predicted molar refractivity (Wildman–Crippen MR) is 127 cm³/mol. The summed E-state index contributed by atoms with van der Waals surface area (Å²) < 4.78 is 1.92. The average molecular weight is 425 g/mol. The second kappa shape index (κ2) is 8.36. The van der Waals surface area contributed by atoms with Crippen LogP contribution in [0.15, 0.2) is 66.1 Å². The molecule has 7 nitrogen and oxygen atoms in total. The fourth-order valence-corrected chi connectivity index (χ4v) is 3.91. The summed E-state index contributed by atoms with van der Waals surface area (Å²) in [4.78, 5) is 14.2. The zero-order valence-corrected chi connectivity index (χ0v) is 18.1. The average Bonchev–Trinajstić information content (AvgIpc) is 3.48. The third kappa shape index (κ3) is 3.78. The van der Waals surface area contributed by atoms with Crippen LogP contribution in [0.3, 0.4) is 0 Å². The molecule has 3 aromatic heterocycles. The van der Waals surface area contributed by atoms with Crippen molar-refractivity contribution >= 4 is 22.3 Å². The van der Waals surface area contributed by atoms with Crippen molar-refractivity contribution in [2.75, 3.05) is 20.1 Å². The molecular weight excluding hydrogens is 400 g/mol. The molecular formula is C25H24N6O. The molecule has 5 rings (SSSR count). The molecule has 4 aromatic rings. The molecule has 160 valence electrons. The molecule has 7 heteroatoms. The summed E-state index contributed by atoms with van der Waals surface area (Å²) in [6.45, 7) is 4.29. The zero-order chi connectivity index (χ0) is 22.1. The number of phenolic OH excluding ortho intramolecular Hbond substituents is 1. The van der Waals surface area contributed by atoms with Crippen molar-refractivity contribution < 1.29 is 5.11 Å². The van der Waals surface area contributed by atoms with Crippen LogP contribution in [0.4, 0.5) is 0 Å². The lowest BCUT2D eigenvalue weighted by atomic mass is 9.96. The Bertz CT molecular complexity index is 1370. The van der Waals surface area contributed by atoms with Gasteiger partial charge < -0.3 is 10.4 Å². The highest BCUT2D eigenvalue weighted by Gasteiger charge is 2.20. The van der Waals surface area contributed by atoms with Gasteiger partial charge in [0.25, 0.3) is 0 Å². The number of hydrogen-bond acceptors (Lipinski definition) is 6. The summed E-state index contributed by atoms with van der Waals surface area (Å²) in [5.41, 5.74) is 8.34. The number of fused-ring (bicyclic) bond motifs is 1. The number of likely N-dealkylation sites (N-methyl/N-ethyl adjacent to an activating group) is 1. The van der Waals surface area contributed by atoms with Crippen molar-refractivity contribution in [2.24, 2.45) is 4.99 Å². The Hall–Kier alpha value is -3.84. The lowest BCUT2D eigenvalue weighted by Crippen LogP contribution is -2.14. The van der Waals surface area contributed by atoms with Crippen molar-refractivity contribution in [2.45, 2.75) is 13.5 Å². The van der Waals surface area contributed by atoms with Gasteiger partial charge >= 0.3 is 0 Å². The van der Waals surface area contributed by atoms with E-state index < -0.39 is 0 Å². The first-order valence-corrected chi connectivity index (χ1v) is 10.6. The Morgan fingerprint density at radius 1 is 1.06 bits per heavy atom. The minimum absolute atomic E-state index is 0.232. The molecule has 2 N–H and O–H groups in total. The van der Waals surface area contributed by atoms with Gasteiger partial charge in [-0.2, -0.15) is 5.10 Å². The van der Waals surface area contributed by atoms with Crippen molar-refractivity contribution in [3.05, 3.63) is 77.9 Å². The molecule has 0 bridgehead atoms. The van der Waals surface area contributed by atoms with Crippen molar-refractivity contribution in [1.29, 1.82) is 0 Å². The maximum Gasteiger partial charge on any atom is 0.116 e. The summed E-state index contributed by atoms with van der Waals surface area (Å²) in [5, 5.41) is 17.5. The third-order valence-corrected chi connectivity index (χ3v) is 5.65. The van der Waals surface area contributed by atoms with Gasteiger partial charge in [0.05, 0.1) is 41.7 Å². The maximum atomic E-state index is 9.98. The van der Waals surface area contributed by atoms with E-state index >= 15 is 0 Å². The van der Waals surface area contributed by atoms with Crippen molar-refractivity contribution in [1.82, 2.24) is 25.1 Å². The highest BCUT2D eigenvalue weighted by atomic mass is 16.3. The van der Waals surface area contributed by atoms with E-state index in [1.54, 1.807) is 12.1 Å². The number of rotatable bonds is 6. The van der Waals surface area contributed by atoms with Gasteiger partial charge in [0.15, 0.2) is 0 Å². The zero-order valence-electron chi connectivity index (χ0n) is 18.1. The van der Waals surface area contributed by atoms with E-state index in [0.29, 0.717) is 6.54 Å². The summed E-state index contributed by atoms with van der Waals surface area (Å²) in [6, 6.07) is 11.4. The van der Waals surface area contributed by atoms with Gasteiger partial charge in [-0.25, -0.2) is 4.98 Å². The smallest absolute Gasteiger partial charge is 0.116 e. The lowest BCUT2D eigenvalue weighted by molar-refractivity contribution is 0.475. The maximum absolute atomic E-state index is 9.98. The SMILES string of the molecule is CNCCn1cc(-c2cnc3ccc(C4=CCN=C4c4cc(O)ccc4C)nc3c2)cn1. The van der Waals surface area contributed by atoms with E-state index in [2.05, 4.69) is 32.5 Å². The highest BCUT2D eigenvalue weighted by molar-refractivity contribution is 6.33. The van der Waals surface area contributed by atoms with Crippen LogP contribution in [0, 0.1) is 6.92 Å². The minimum atomic E-state index is 0.232.